The SMILES string of the molecule is C=CC(=O)N1CC[C@@H](c2cc(C#Cc3c(F)c(OC)cc(OC)c3F)c3c(N)ncnn23)C1. The molecule has 1 aliphatic heterocycles. The van der Waals surface area contributed by atoms with Crippen molar-refractivity contribution in [2.45, 2.75) is 12.3 Å². The monoisotopic (exact) mass is 453 g/mol. The number of halogens is 2. The van der Waals surface area contributed by atoms with E-state index in [-0.39, 0.29) is 29.1 Å². The second kappa shape index (κ2) is 8.78. The second-order valence-corrected chi connectivity index (χ2v) is 7.40. The van der Waals surface area contributed by atoms with E-state index in [1.165, 1.54) is 26.6 Å². The number of fused-ring (bicyclic) bond motifs is 1. The molecule has 33 heavy (non-hydrogen) atoms. The van der Waals surface area contributed by atoms with E-state index in [4.69, 9.17) is 15.2 Å². The molecule has 1 saturated heterocycles. The molecule has 0 saturated carbocycles. The number of carbonyl (C=O) groups excluding carboxylic acids is 1. The number of nitrogens with two attached hydrogens (primary N) is 1. The number of aromatic nitrogens is 3. The van der Waals surface area contributed by atoms with E-state index in [1.54, 1.807) is 15.5 Å². The van der Waals surface area contributed by atoms with Gasteiger partial charge >= 0.3 is 0 Å². The van der Waals surface area contributed by atoms with Gasteiger partial charge in [-0.05, 0) is 18.6 Å². The maximum atomic E-state index is 14.7. The highest BCUT2D eigenvalue weighted by molar-refractivity contribution is 5.87. The van der Waals surface area contributed by atoms with Gasteiger partial charge in [0.2, 0.25) is 5.91 Å². The van der Waals surface area contributed by atoms with Gasteiger partial charge in [0.15, 0.2) is 29.0 Å². The normalized spacial score (nSPS) is 15.3. The third-order valence-corrected chi connectivity index (χ3v) is 5.60. The Morgan fingerprint density at radius 2 is 1.94 bits per heavy atom. The third kappa shape index (κ3) is 3.82. The Morgan fingerprint density at radius 1 is 1.24 bits per heavy atom. The quantitative estimate of drug-likeness (QED) is 0.482. The highest BCUT2D eigenvalue weighted by atomic mass is 19.1. The van der Waals surface area contributed by atoms with Crippen LogP contribution in [-0.2, 0) is 4.79 Å². The summed E-state index contributed by atoms with van der Waals surface area (Å²) in [4.78, 5) is 17.7. The Labute approximate surface area is 188 Å². The molecule has 1 aliphatic rings. The molecular formula is C23H21F2N5O3. The molecule has 0 unspecified atom stereocenters. The molecule has 1 amide bonds. The number of hydrogen-bond donors (Lipinski definition) is 1. The maximum Gasteiger partial charge on any atom is 0.245 e. The Bertz CT molecular complexity index is 1300. The summed E-state index contributed by atoms with van der Waals surface area (Å²) >= 11 is 0. The van der Waals surface area contributed by atoms with E-state index in [0.29, 0.717) is 30.6 Å². The van der Waals surface area contributed by atoms with Crippen LogP contribution >= 0.6 is 0 Å². The van der Waals surface area contributed by atoms with Gasteiger partial charge in [0.1, 0.15) is 17.4 Å². The van der Waals surface area contributed by atoms with Crippen LogP contribution in [0.2, 0.25) is 0 Å². The summed E-state index contributed by atoms with van der Waals surface area (Å²) in [6, 6.07) is 2.87. The third-order valence-electron chi connectivity index (χ3n) is 5.60. The van der Waals surface area contributed by atoms with Crippen LogP contribution in [-0.4, -0.2) is 52.7 Å². The molecule has 2 aromatic heterocycles. The first-order chi connectivity index (χ1) is 15.9. The predicted octanol–water partition coefficient (Wildman–Crippen LogP) is 2.51. The zero-order valence-corrected chi connectivity index (χ0v) is 18.1. The molecule has 3 heterocycles. The van der Waals surface area contributed by atoms with Gasteiger partial charge in [-0.2, -0.15) is 5.10 Å². The van der Waals surface area contributed by atoms with Gasteiger partial charge in [-0.25, -0.2) is 18.3 Å². The predicted molar refractivity (Wildman–Crippen MR) is 117 cm³/mol. The molecule has 170 valence electrons. The smallest absolute Gasteiger partial charge is 0.245 e. The zero-order valence-electron chi connectivity index (χ0n) is 18.1. The molecule has 1 aromatic carbocycles. The molecule has 1 atom stereocenters. The summed E-state index contributed by atoms with van der Waals surface area (Å²) in [5, 5.41) is 4.29. The first-order valence-electron chi connectivity index (χ1n) is 10.0. The number of amides is 1. The molecule has 2 N–H and O–H groups in total. The number of nitrogen functional groups attached to an aromatic ring is 1. The van der Waals surface area contributed by atoms with E-state index in [9.17, 15) is 13.6 Å². The van der Waals surface area contributed by atoms with E-state index in [2.05, 4.69) is 28.5 Å². The molecule has 0 bridgehead atoms. The molecule has 0 radical (unpaired) electrons. The van der Waals surface area contributed by atoms with Crippen molar-refractivity contribution in [2.24, 2.45) is 0 Å². The summed E-state index contributed by atoms with van der Waals surface area (Å²) in [5.41, 5.74) is 7.18. The van der Waals surface area contributed by atoms with E-state index in [0.717, 1.165) is 11.8 Å². The minimum Gasteiger partial charge on any atom is -0.493 e. The van der Waals surface area contributed by atoms with Crippen molar-refractivity contribution >= 4 is 17.2 Å². The number of likely N-dealkylation sites (tertiary alicyclic amines) is 1. The molecule has 1 fully saturated rings. The fourth-order valence-electron chi connectivity index (χ4n) is 3.93. The number of anilines is 1. The lowest BCUT2D eigenvalue weighted by Crippen LogP contribution is -2.26. The Kier molecular flexibility index (Phi) is 5.87. The van der Waals surface area contributed by atoms with Gasteiger partial charge in [-0.3, -0.25) is 4.79 Å². The van der Waals surface area contributed by atoms with Crippen LogP contribution in [0.1, 0.15) is 29.2 Å². The largest absolute Gasteiger partial charge is 0.493 e. The fourth-order valence-corrected chi connectivity index (χ4v) is 3.93. The first kappa shape index (κ1) is 22.1. The van der Waals surface area contributed by atoms with Crippen molar-refractivity contribution in [3.8, 4) is 23.3 Å². The van der Waals surface area contributed by atoms with Gasteiger partial charge in [0, 0.05) is 30.8 Å². The van der Waals surface area contributed by atoms with E-state index in [1.807, 2.05) is 0 Å². The number of benzene rings is 1. The number of ether oxygens (including phenoxy) is 2. The van der Waals surface area contributed by atoms with Crippen LogP contribution in [0, 0.1) is 23.5 Å². The number of carbonyl (C=O) groups is 1. The molecule has 8 nitrogen and oxygen atoms in total. The van der Waals surface area contributed by atoms with Crippen molar-refractivity contribution in [3.63, 3.8) is 0 Å². The number of nitrogens with zero attached hydrogens (tertiary/aromatic N) is 4. The van der Waals surface area contributed by atoms with Crippen molar-refractivity contribution in [1.29, 1.82) is 0 Å². The summed E-state index contributed by atoms with van der Waals surface area (Å²) in [6.45, 7) is 4.58. The first-order valence-corrected chi connectivity index (χ1v) is 10.0. The molecule has 4 rings (SSSR count). The lowest BCUT2D eigenvalue weighted by molar-refractivity contribution is -0.125. The zero-order chi connectivity index (χ0) is 23.7. The van der Waals surface area contributed by atoms with Crippen molar-refractivity contribution in [1.82, 2.24) is 19.5 Å². The van der Waals surface area contributed by atoms with Crippen molar-refractivity contribution in [3.05, 3.63) is 59.6 Å². The fraction of sp³-hybridized carbons (Fsp3) is 0.261. The maximum absolute atomic E-state index is 14.7. The summed E-state index contributed by atoms with van der Waals surface area (Å²) in [6.07, 6.45) is 3.30. The summed E-state index contributed by atoms with van der Waals surface area (Å²) in [5.74, 6) is 3.07. The van der Waals surface area contributed by atoms with Gasteiger partial charge in [-0.15, -0.1) is 0 Å². The highest BCUT2D eigenvalue weighted by Gasteiger charge is 2.29. The lowest BCUT2D eigenvalue weighted by atomic mass is 10.0. The van der Waals surface area contributed by atoms with Crippen molar-refractivity contribution < 1.29 is 23.0 Å². The second-order valence-electron chi connectivity index (χ2n) is 7.40. The van der Waals surface area contributed by atoms with Gasteiger partial charge in [0.05, 0.1) is 19.8 Å². The van der Waals surface area contributed by atoms with Crippen LogP contribution in [0.5, 0.6) is 11.5 Å². The average Bonchev–Trinajstić information content (AvgIpc) is 3.44. The Hall–Kier alpha value is -4.13. The van der Waals surface area contributed by atoms with Crippen LogP contribution in [0.25, 0.3) is 5.52 Å². The molecule has 10 heteroatoms. The molecular weight excluding hydrogens is 432 g/mol. The van der Waals surface area contributed by atoms with Crippen LogP contribution < -0.4 is 15.2 Å². The topological polar surface area (TPSA) is 95.0 Å². The van der Waals surface area contributed by atoms with E-state index >= 15 is 0 Å². The van der Waals surface area contributed by atoms with Gasteiger partial charge < -0.3 is 20.1 Å². The Balaban J connectivity index is 1.82. The number of hydrogen-bond acceptors (Lipinski definition) is 6. The average molecular weight is 453 g/mol. The van der Waals surface area contributed by atoms with Crippen LogP contribution in [0.15, 0.2) is 31.1 Å². The van der Waals surface area contributed by atoms with Crippen LogP contribution in [0.3, 0.4) is 0 Å². The number of methoxy groups -OCH3 is 2. The van der Waals surface area contributed by atoms with Gasteiger partial charge in [-0.1, -0.05) is 18.4 Å². The van der Waals surface area contributed by atoms with Crippen LogP contribution in [0.4, 0.5) is 14.6 Å². The molecule has 3 aromatic rings. The molecule has 0 aliphatic carbocycles. The van der Waals surface area contributed by atoms with Crippen molar-refractivity contribution in [2.75, 3.05) is 33.0 Å². The summed E-state index contributed by atoms with van der Waals surface area (Å²) in [7, 11) is 2.53. The molecule has 0 spiro atoms. The lowest BCUT2D eigenvalue weighted by Gasteiger charge is -2.14. The minimum atomic E-state index is -0.939. The Morgan fingerprint density at radius 3 is 2.58 bits per heavy atom. The number of rotatable bonds is 4. The minimum absolute atomic E-state index is 0.0309. The highest BCUT2D eigenvalue weighted by Crippen LogP contribution is 2.33. The van der Waals surface area contributed by atoms with Gasteiger partial charge in [0.25, 0.3) is 0 Å². The van der Waals surface area contributed by atoms with E-state index < -0.39 is 17.2 Å². The summed E-state index contributed by atoms with van der Waals surface area (Å²) < 4.78 is 41.0. The standard InChI is InChI=1S/C23H21F2N5O3/c1-4-19(31)29-8-7-14(11-29)16-9-13(22-23(26)27-12-28-30(16)22)5-6-15-20(24)17(32-2)10-18(33-3)21(15)25/h4,9-10,12,14H,1,7-8,11H2,2-3H3,(H2,26,27,28)/t14-/m1/s1.